The SMILES string of the molecule is CCC(C)(O)CCP(=O)(O)CC. The molecule has 12 heavy (non-hydrogen) atoms. The summed E-state index contributed by atoms with van der Waals surface area (Å²) in [4.78, 5) is 9.23. The quantitative estimate of drug-likeness (QED) is 0.656. The molecule has 0 aliphatic carbocycles. The van der Waals surface area contributed by atoms with E-state index < -0.39 is 13.0 Å². The van der Waals surface area contributed by atoms with E-state index >= 15 is 0 Å². The Morgan fingerprint density at radius 3 is 2.25 bits per heavy atom. The largest absolute Gasteiger partial charge is 0.390 e. The minimum atomic E-state index is -2.94. The fourth-order valence-corrected chi connectivity index (χ4v) is 1.90. The third kappa shape index (κ3) is 4.91. The van der Waals surface area contributed by atoms with Crippen molar-refractivity contribution in [2.24, 2.45) is 0 Å². The van der Waals surface area contributed by atoms with Gasteiger partial charge in [-0.3, -0.25) is 4.57 Å². The Hall–Kier alpha value is 0.150. The molecule has 74 valence electrons. The zero-order valence-corrected chi connectivity index (χ0v) is 8.97. The highest BCUT2D eigenvalue weighted by molar-refractivity contribution is 7.57. The fraction of sp³-hybridized carbons (Fsp3) is 1.00. The zero-order valence-electron chi connectivity index (χ0n) is 8.08. The van der Waals surface area contributed by atoms with Crippen molar-refractivity contribution >= 4 is 7.37 Å². The van der Waals surface area contributed by atoms with E-state index in [2.05, 4.69) is 0 Å². The first-order valence-electron chi connectivity index (χ1n) is 4.36. The highest BCUT2D eigenvalue weighted by atomic mass is 31.2. The molecule has 2 atom stereocenters. The van der Waals surface area contributed by atoms with E-state index in [0.29, 0.717) is 19.0 Å². The van der Waals surface area contributed by atoms with Crippen molar-refractivity contribution in [1.82, 2.24) is 0 Å². The van der Waals surface area contributed by atoms with Crippen molar-refractivity contribution in [3.8, 4) is 0 Å². The average Bonchev–Trinajstić information content (AvgIpc) is 2.02. The van der Waals surface area contributed by atoms with E-state index in [1.165, 1.54) is 0 Å². The molecule has 2 N–H and O–H groups in total. The molecule has 0 fully saturated rings. The van der Waals surface area contributed by atoms with Gasteiger partial charge in [0, 0.05) is 12.3 Å². The Morgan fingerprint density at radius 1 is 1.42 bits per heavy atom. The van der Waals surface area contributed by atoms with Crippen LogP contribution in [0.1, 0.15) is 33.6 Å². The van der Waals surface area contributed by atoms with Crippen LogP contribution in [-0.4, -0.2) is 27.9 Å². The summed E-state index contributed by atoms with van der Waals surface area (Å²) in [5.41, 5.74) is -0.784. The number of rotatable bonds is 5. The summed E-state index contributed by atoms with van der Waals surface area (Å²) in [5.74, 6) is 0. The Balaban J connectivity index is 3.91. The van der Waals surface area contributed by atoms with Gasteiger partial charge in [0.15, 0.2) is 7.37 Å². The summed E-state index contributed by atoms with van der Waals surface area (Å²) in [6, 6.07) is 0. The van der Waals surface area contributed by atoms with E-state index in [1.54, 1.807) is 13.8 Å². The van der Waals surface area contributed by atoms with Crippen molar-refractivity contribution in [3.05, 3.63) is 0 Å². The van der Waals surface area contributed by atoms with E-state index in [-0.39, 0.29) is 6.16 Å². The molecule has 4 heteroatoms. The predicted molar refractivity (Wildman–Crippen MR) is 50.8 cm³/mol. The Bertz CT molecular complexity index is 177. The van der Waals surface area contributed by atoms with Crippen molar-refractivity contribution in [3.63, 3.8) is 0 Å². The highest BCUT2D eigenvalue weighted by Crippen LogP contribution is 2.41. The molecule has 0 radical (unpaired) electrons. The van der Waals surface area contributed by atoms with Crippen molar-refractivity contribution in [1.29, 1.82) is 0 Å². The molecule has 0 amide bonds. The number of hydrogen-bond donors (Lipinski definition) is 2. The maximum absolute atomic E-state index is 11.2. The van der Waals surface area contributed by atoms with Gasteiger partial charge in [-0.2, -0.15) is 0 Å². The lowest BCUT2D eigenvalue weighted by Gasteiger charge is -2.22. The van der Waals surface area contributed by atoms with Crippen LogP contribution in [0.2, 0.25) is 0 Å². The maximum Gasteiger partial charge on any atom is 0.200 e. The van der Waals surface area contributed by atoms with Crippen LogP contribution in [0.15, 0.2) is 0 Å². The minimum absolute atomic E-state index is 0.227. The topological polar surface area (TPSA) is 57.5 Å². The maximum atomic E-state index is 11.2. The summed E-state index contributed by atoms with van der Waals surface area (Å²) >= 11 is 0. The van der Waals surface area contributed by atoms with Gasteiger partial charge in [0.2, 0.25) is 0 Å². The molecule has 0 aliphatic rings. The normalized spacial score (nSPS) is 21.4. The lowest BCUT2D eigenvalue weighted by atomic mass is 10.0. The summed E-state index contributed by atoms with van der Waals surface area (Å²) in [5, 5.41) is 9.55. The fourth-order valence-electron chi connectivity index (χ4n) is 0.750. The molecule has 0 bridgehead atoms. The van der Waals surface area contributed by atoms with Crippen LogP contribution in [0.4, 0.5) is 0 Å². The van der Waals surface area contributed by atoms with Gasteiger partial charge in [0.1, 0.15) is 0 Å². The van der Waals surface area contributed by atoms with Gasteiger partial charge in [0.05, 0.1) is 5.60 Å². The standard InChI is InChI=1S/C8H19O3P/c1-4-8(3,9)6-7-12(10,11)5-2/h9H,4-7H2,1-3H3,(H,10,11). The van der Waals surface area contributed by atoms with Crippen LogP contribution in [0.5, 0.6) is 0 Å². The average molecular weight is 194 g/mol. The third-order valence-corrected chi connectivity index (χ3v) is 4.17. The molecule has 0 aromatic heterocycles. The van der Waals surface area contributed by atoms with Crippen LogP contribution >= 0.6 is 7.37 Å². The van der Waals surface area contributed by atoms with Crippen LogP contribution in [0.25, 0.3) is 0 Å². The molecule has 2 unspecified atom stereocenters. The first kappa shape index (κ1) is 12.2. The molecule has 0 aliphatic heterocycles. The van der Waals surface area contributed by atoms with E-state index in [4.69, 9.17) is 0 Å². The van der Waals surface area contributed by atoms with Gasteiger partial charge in [-0.05, 0) is 19.8 Å². The second kappa shape index (κ2) is 4.40. The Morgan fingerprint density at radius 2 is 1.92 bits per heavy atom. The molecular formula is C8H19O3P. The van der Waals surface area contributed by atoms with Crippen molar-refractivity contribution in [2.45, 2.75) is 39.2 Å². The smallest absolute Gasteiger partial charge is 0.200 e. The first-order chi connectivity index (χ1) is 5.33. The van der Waals surface area contributed by atoms with Crippen molar-refractivity contribution < 1.29 is 14.6 Å². The summed E-state index contributed by atoms with van der Waals surface area (Å²) < 4.78 is 11.2. The molecular weight excluding hydrogens is 175 g/mol. The van der Waals surface area contributed by atoms with Gasteiger partial charge in [-0.1, -0.05) is 13.8 Å². The summed E-state index contributed by atoms with van der Waals surface area (Å²) in [6.07, 6.45) is 1.55. The van der Waals surface area contributed by atoms with Gasteiger partial charge in [-0.25, -0.2) is 0 Å². The van der Waals surface area contributed by atoms with Gasteiger partial charge in [0.25, 0.3) is 0 Å². The molecule has 0 aromatic rings. The molecule has 0 heterocycles. The summed E-state index contributed by atoms with van der Waals surface area (Å²) in [7, 11) is -2.94. The minimum Gasteiger partial charge on any atom is -0.390 e. The zero-order chi connectivity index (χ0) is 9.83. The highest BCUT2D eigenvalue weighted by Gasteiger charge is 2.23. The third-order valence-electron chi connectivity index (χ3n) is 2.26. The van der Waals surface area contributed by atoms with Crippen molar-refractivity contribution in [2.75, 3.05) is 12.3 Å². The van der Waals surface area contributed by atoms with Gasteiger partial charge in [-0.15, -0.1) is 0 Å². The van der Waals surface area contributed by atoms with Gasteiger partial charge < -0.3 is 10.00 Å². The van der Waals surface area contributed by atoms with Crippen LogP contribution in [-0.2, 0) is 4.57 Å². The molecule has 0 aromatic carbocycles. The Labute approximate surface area is 74.3 Å². The molecule has 0 rings (SSSR count). The molecule has 0 saturated carbocycles. The van der Waals surface area contributed by atoms with E-state index in [1.807, 2.05) is 6.92 Å². The Kier molecular flexibility index (Phi) is 4.46. The lowest BCUT2D eigenvalue weighted by molar-refractivity contribution is 0.0523. The summed E-state index contributed by atoms with van der Waals surface area (Å²) in [6.45, 7) is 5.26. The first-order valence-corrected chi connectivity index (χ1v) is 6.39. The second-order valence-corrected chi connectivity index (χ2v) is 6.26. The van der Waals surface area contributed by atoms with E-state index in [0.717, 1.165) is 0 Å². The van der Waals surface area contributed by atoms with Crippen LogP contribution in [0.3, 0.4) is 0 Å². The molecule has 3 nitrogen and oxygen atoms in total. The van der Waals surface area contributed by atoms with E-state index in [9.17, 15) is 14.6 Å². The monoisotopic (exact) mass is 194 g/mol. The number of hydrogen-bond acceptors (Lipinski definition) is 2. The van der Waals surface area contributed by atoms with Gasteiger partial charge >= 0.3 is 0 Å². The predicted octanol–water partition coefficient (Wildman–Crippen LogP) is 1.83. The van der Waals surface area contributed by atoms with Crippen LogP contribution in [0, 0.1) is 0 Å². The molecule has 0 spiro atoms. The number of aliphatic hydroxyl groups is 1. The van der Waals surface area contributed by atoms with Crippen LogP contribution < -0.4 is 0 Å². The second-order valence-electron chi connectivity index (χ2n) is 3.49. The molecule has 0 saturated heterocycles. The lowest BCUT2D eigenvalue weighted by Crippen LogP contribution is -2.24.